The Balaban J connectivity index is 0.00000196. The van der Waals surface area contributed by atoms with Gasteiger partial charge in [0.05, 0.1) is 0 Å². The Morgan fingerprint density at radius 2 is 1.53 bits per heavy atom. The summed E-state index contributed by atoms with van der Waals surface area (Å²) in [5, 5.41) is 0. The zero-order chi connectivity index (χ0) is 10.4. The monoisotopic (exact) mass is 218 g/mol. The minimum absolute atomic E-state index is 0. The number of rotatable bonds is 6. The normalized spacial score (nSPS) is 15.8. The number of carbonyl (C=O) groups is 2. The summed E-state index contributed by atoms with van der Waals surface area (Å²) in [7, 11) is 0. The molecule has 0 saturated carbocycles. The van der Waals surface area contributed by atoms with Gasteiger partial charge in [-0.15, -0.1) is 0 Å². The van der Waals surface area contributed by atoms with Crippen molar-refractivity contribution in [3.63, 3.8) is 0 Å². The van der Waals surface area contributed by atoms with E-state index in [2.05, 4.69) is 16.4 Å². The number of carbonyl (C=O) groups excluding carboxylic acids is 2. The summed E-state index contributed by atoms with van der Waals surface area (Å²) < 4.78 is 9.34. The predicted octanol–water partition coefficient (Wildman–Crippen LogP) is 0.948. The Bertz CT molecular complexity index is 198. The van der Waals surface area contributed by atoms with E-state index in [9.17, 15) is 9.59 Å². The Hall–Kier alpha value is -1.10. The van der Waals surface area contributed by atoms with E-state index < -0.39 is 18.2 Å². The SMILES string of the molecule is CCCCCCCC1OC(=O)C(=O)O1.O. The second kappa shape index (κ2) is 7.23. The quantitative estimate of drug-likeness (QED) is 0.377. The largest absolute Gasteiger partial charge is 0.420 e. The fourth-order valence-electron chi connectivity index (χ4n) is 1.39. The third-order valence-electron chi connectivity index (χ3n) is 2.19. The molecular weight excluding hydrogens is 200 g/mol. The lowest BCUT2D eigenvalue weighted by atomic mass is 10.1. The lowest BCUT2D eigenvalue weighted by Gasteiger charge is -2.06. The van der Waals surface area contributed by atoms with Crippen LogP contribution in [0.25, 0.3) is 0 Å². The molecular formula is C10H18O5. The van der Waals surface area contributed by atoms with Crippen LogP contribution in [-0.2, 0) is 19.1 Å². The molecule has 88 valence electrons. The highest BCUT2D eigenvalue weighted by Gasteiger charge is 2.33. The van der Waals surface area contributed by atoms with Crippen molar-refractivity contribution < 1.29 is 24.5 Å². The minimum Gasteiger partial charge on any atom is -0.417 e. The molecule has 0 atom stereocenters. The van der Waals surface area contributed by atoms with Crippen LogP contribution >= 0.6 is 0 Å². The van der Waals surface area contributed by atoms with Gasteiger partial charge >= 0.3 is 11.9 Å². The molecule has 0 unspecified atom stereocenters. The number of hydrogen-bond donors (Lipinski definition) is 0. The molecule has 0 amide bonds. The van der Waals surface area contributed by atoms with E-state index in [4.69, 9.17) is 0 Å². The third kappa shape index (κ3) is 4.78. The van der Waals surface area contributed by atoms with Gasteiger partial charge in [0.15, 0.2) is 0 Å². The summed E-state index contributed by atoms with van der Waals surface area (Å²) in [5.74, 6) is -1.72. The number of hydrogen-bond acceptors (Lipinski definition) is 4. The first-order valence-electron chi connectivity index (χ1n) is 5.15. The van der Waals surface area contributed by atoms with Crippen LogP contribution in [-0.4, -0.2) is 23.7 Å². The average molecular weight is 218 g/mol. The van der Waals surface area contributed by atoms with Crippen LogP contribution < -0.4 is 0 Å². The molecule has 15 heavy (non-hydrogen) atoms. The molecule has 5 nitrogen and oxygen atoms in total. The molecule has 1 rings (SSSR count). The number of ether oxygens (including phenoxy) is 2. The van der Waals surface area contributed by atoms with Gasteiger partial charge < -0.3 is 14.9 Å². The lowest BCUT2D eigenvalue weighted by Crippen LogP contribution is -2.07. The maximum absolute atomic E-state index is 10.6. The number of unbranched alkanes of at least 4 members (excludes halogenated alkanes) is 4. The predicted molar refractivity (Wildman–Crippen MR) is 53.0 cm³/mol. The van der Waals surface area contributed by atoms with Gasteiger partial charge in [-0.05, 0) is 6.42 Å². The minimum atomic E-state index is -0.858. The molecule has 0 aromatic rings. The molecule has 0 radical (unpaired) electrons. The highest BCUT2D eigenvalue weighted by molar-refractivity contribution is 6.30. The Morgan fingerprint density at radius 1 is 1.00 bits per heavy atom. The van der Waals surface area contributed by atoms with Crippen LogP contribution in [0.15, 0.2) is 0 Å². The Morgan fingerprint density at radius 3 is 2.07 bits per heavy atom. The third-order valence-corrected chi connectivity index (χ3v) is 2.19. The molecule has 1 saturated heterocycles. The van der Waals surface area contributed by atoms with Crippen molar-refractivity contribution in [2.24, 2.45) is 0 Å². The second-order valence-electron chi connectivity index (χ2n) is 3.44. The van der Waals surface area contributed by atoms with Gasteiger partial charge in [-0.3, -0.25) is 0 Å². The molecule has 1 fully saturated rings. The van der Waals surface area contributed by atoms with Gasteiger partial charge in [-0.25, -0.2) is 9.59 Å². The van der Waals surface area contributed by atoms with Gasteiger partial charge in [-0.1, -0.05) is 32.6 Å². The van der Waals surface area contributed by atoms with Gasteiger partial charge in [0.2, 0.25) is 6.29 Å². The van der Waals surface area contributed by atoms with Crippen LogP contribution in [0.2, 0.25) is 0 Å². The fourth-order valence-corrected chi connectivity index (χ4v) is 1.39. The van der Waals surface area contributed by atoms with Crippen LogP contribution in [0.4, 0.5) is 0 Å². The van der Waals surface area contributed by atoms with Gasteiger partial charge in [0.25, 0.3) is 0 Å². The maximum Gasteiger partial charge on any atom is 0.420 e. The standard InChI is InChI=1S/C10H16O4.H2O/c1-2-3-4-5-6-7-8-13-9(11)10(12)14-8;/h8H,2-7H2,1H3;1H2. The molecule has 5 heteroatoms. The van der Waals surface area contributed by atoms with Crippen LogP contribution in [0.5, 0.6) is 0 Å². The summed E-state index contributed by atoms with van der Waals surface area (Å²) in [6.45, 7) is 2.15. The molecule has 1 aliphatic heterocycles. The van der Waals surface area contributed by atoms with Crippen molar-refractivity contribution in [1.29, 1.82) is 0 Å². The molecule has 0 aromatic heterocycles. The van der Waals surface area contributed by atoms with E-state index in [1.165, 1.54) is 19.3 Å². The zero-order valence-electron chi connectivity index (χ0n) is 8.95. The molecule has 0 spiro atoms. The van der Waals surface area contributed by atoms with Crippen molar-refractivity contribution >= 4 is 11.9 Å². The van der Waals surface area contributed by atoms with Gasteiger partial charge in [0.1, 0.15) is 0 Å². The highest BCUT2D eigenvalue weighted by atomic mass is 16.8. The zero-order valence-corrected chi connectivity index (χ0v) is 8.95. The molecule has 2 N–H and O–H groups in total. The van der Waals surface area contributed by atoms with Crippen molar-refractivity contribution in [1.82, 2.24) is 0 Å². The first-order valence-corrected chi connectivity index (χ1v) is 5.15. The molecule has 1 aliphatic rings. The summed E-state index contributed by atoms with van der Waals surface area (Å²) in [6, 6.07) is 0. The van der Waals surface area contributed by atoms with E-state index >= 15 is 0 Å². The second-order valence-corrected chi connectivity index (χ2v) is 3.44. The van der Waals surface area contributed by atoms with Gasteiger partial charge in [-0.2, -0.15) is 0 Å². The molecule has 1 heterocycles. The lowest BCUT2D eigenvalue weighted by molar-refractivity contribution is -0.150. The van der Waals surface area contributed by atoms with Gasteiger partial charge in [0, 0.05) is 6.42 Å². The van der Waals surface area contributed by atoms with Crippen molar-refractivity contribution in [2.45, 2.75) is 51.7 Å². The van der Waals surface area contributed by atoms with Crippen molar-refractivity contribution in [3.05, 3.63) is 0 Å². The first-order chi connectivity index (χ1) is 6.74. The summed E-state index contributed by atoms with van der Waals surface area (Å²) in [6.07, 6.45) is 5.64. The molecule has 0 aliphatic carbocycles. The van der Waals surface area contributed by atoms with E-state index in [0.717, 1.165) is 12.8 Å². The van der Waals surface area contributed by atoms with Crippen LogP contribution in [0, 0.1) is 0 Å². The molecule has 0 aromatic carbocycles. The highest BCUT2D eigenvalue weighted by Crippen LogP contribution is 2.15. The smallest absolute Gasteiger partial charge is 0.417 e. The average Bonchev–Trinajstić information content (AvgIpc) is 2.46. The van der Waals surface area contributed by atoms with Crippen molar-refractivity contribution in [3.8, 4) is 0 Å². The Kier molecular flexibility index (Phi) is 6.70. The summed E-state index contributed by atoms with van der Waals surface area (Å²) >= 11 is 0. The van der Waals surface area contributed by atoms with Crippen LogP contribution in [0.1, 0.15) is 45.4 Å². The maximum atomic E-state index is 10.6. The molecule has 0 bridgehead atoms. The summed E-state index contributed by atoms with van der Waals surface area (Å²) in [5.41, 5.74) is 0. The number of esters is 2. The first kappa shape index (κ1) is 13.9. The van der Waals surface area contributed by atoms with Crippen molar-refractivity contribution in [2.75, 3.05) is 0 Å². The van der Waals surface area contributed by atoms with E-state index in [0.29, 0.717) is 6.42 Å². The van der Waals surface area contributed by atoms with E-state index in [-0.39, 0.29) is 5.48 Å². The van der Waals surface area contributed by atoms with E-state index in [1.54, 1.807) is 0 Å². The topological polar surface area (TPSA) is 84.1 Å². The summed E-state index contributed by atoms with van der Waals surface area (Å²) in [4.78, 5) is 21.2. The Labute approximate surface area is 89.0 Å². The van der Waals surface area contributed by atoms with E-state index in [1.807, 2.05) is 0 Å². The van der Waals surface area contributed by atoms with Crippen LogP contribution in [0.3, 0.4) is 0 Å². The fraction of sp³-hybridized carbons (Fsp3) is 0.800. The number of cyclic esters (lactones) is 2.